The Morgan fingerprint density at radius 1 is 1.22 bits per heavy atom. The van der Waals surface area contributed by atoms with Gasteiger partial charge in [-0.1, -0.05) is 24.6 Å². The highest BCUT2D eigenvalue weighted by Crippen LogP contribution is 2.49. The summed E-state index contributed by atoms with van der Waals surface area (Å²) in [6.45, 7) is 10.7. The molecule has 0 radical (unpaired) electrons. The third-order valence-corrected chi connectivity index (χ3v) is 4.16. The second kappa shape index (κ2) is 9.55. The quantitative estimate of drug-likeness (QED) is 0.431. The van der Waals surface area contributed by atoms with E-state index >= 15 is 0 Å². The van der Waals surface area contributed by atoms with E-state index < -0.39 is 7.60 Å². The molecule has 0 fully saturated rings. The predicted octanol–water partition coefficient (Wildman–Crippen LogP) is 5.15. The zero-order valence-corrected chi connectivity index (χ0v) is 13.2. The molecule has 0 rings (SSSR count). The molecule has 0 saturated heterocycles. The van der Waals surface area contributed by atoms with E-state index in [0.29, 0.717) is 19.1 Å². The second-order valence-corrected chi connectivity index (χ2v) is 6.45. The third kappa shape index (κ3) is 8.68. The van der Waals surface area contributed by atoms with E-state index in [0.717, 1.165) is 12.8 Å². The highest BCUT2D eigenvalue weighted by atomic mass is 31.2. The van der Waals surface area contributed by atoms with Crippen molar-refractivity contribution in [3.05, 3.63) is 23.5 Å². The summed E-state index contributed by atoms with van der Waals surface area (Å²) in [5.41, 5.74) is 1.33. The summed E-state index contributed by atoms with van der Waals surface area (Å²) in [6.07, 6.45) is 6.24. The fourth-order valence-electron chi connectivity index (χ4n) is 1.47. The Labute approximate surface area is 112 Å². The van der Waals surface area contributed by atoms with Crippen LogP contribution in [0.5, 0.6) is 0 Å². The molecule has 18 heavy (non-hydrogen) atoms. The minimum Gasteiger partial charge on any atom is -0.306 e. The Hall–Kier alpha value is -0.370. The minimum absolute atomic E-state index is 0.370. The largest absolute Gasteiger partial charge is 0.353 e. The first-order chi connectivity index (χ1) is 8.43. The molecule has 106 valence electrons. The molecular weight excluding hydrogens is 247 g/mol. The third-order valence-electron chi connectivity index (χ3n) is 2.39. The Morgan fingerprint density at radius 3 is 2.22 bits per heavy atom. The molecule has 4 heteroatoms. The molecule has 0 bridgehead atoms. The van der Waals surface area contributed by atoms with Crippen molar-refractivity contribution in [2.75, 3.05) is 13.2 Å². The average Bonchev–Trinajstić information content (AvgIpc) is 2.27. The van der Waals surface area contributed by atoms with Gasteiger partial charge in [0.25, 0.3) is 0 Å². The van der Waals surface area contributed by atoms with E-state index in [1.807, 2.05) is 19.9 Å². The Balaban J connectivity index is 4.31. The van der Waals surface area contributed by atoms with Crippen molar-refractivity contribution < 1.29 is 13.6 Å². The SMILES string of the molecule is CCOP(=O)(/C=C/C(C)CCC=C(C)C)OCC. The van der Waals surface area contributed by atoms with Crippen LogP contribution in [0.3, 0.4) is 0 Å². The van der Waals surface area contributed by atoms with Gasteiger partial charge in [0.2, 0.25) is 0 Å². The summed E-state index contributed by atoms with van der Waals surface area (Å²) in [6, 6.07) is 0. The van der Waals surface area contributed by atoms with Crippen LogP contribution in [0, 0.1) is 5.92 Å². The monoisotopic (exact) mass is 274 g/mol. The van der Waals surface area contributed by atoms with Gasteiger partial charge in [0.15, 0.2) is 0 Å². The van der Waals surface area contributed by atoms with Crippen LogP contribution in [0.4, 0.5) is 0 Å². The molecule has 0 aliphatic rings. The summed E-state index contributed by atoms with van der Waals surface area (Å²) < 4.78 is 22.6. The number of hydrogen-bond acceptors (Lipinski definition) is 3. The predicted molar refractivity (Wildman–Crippen MR) is 77.8 cm³/mol. The molecule has 0 saturated carbocycles. The van der Waals surface area contributed by atoms with Crippen molar-refractivity contribution in [2.45, 2.75) is 47.5 Å². The van der Waals surface area contributed by atoms with Gasteiger partial charge in [0.05, 0.1) is 13.2 Å². The average molecular weight is 274 g/mol. The molecule has 1 unspecified atom stereocenters. The minimum atomic E-state index is -3.02. The van der Waals surface area contributed by atoms with E-state index in [-0.39, 0.29) is 0 Å². The molecule has 0 aromatic carbocycles. The zero-order chi connectivity index (χ0) is 14.0. The highest BCUT2D eigenvalue weighted by molar-refractivity contribution is 7.57. The van der Waals surface area contributed by atoms with Crippen molar-refractivity contribution >= 4 is 7.60 Å². The molecule has 3 nitrogen and oxygen atoms in total. The van der Waals surface area contributed by atoms with Crippen LogP contribution < -0.4 is 0 Å². The van der Waals surface area contributed by atoms with Gasteiger partial charge in [-0.05, 0) is 46.5 Å². The van der Waals surface area contributed by atoms with Crippen LogP contribution in [0.1, 0.15) is 47.5 Å². The van der Waals surface area contributed by atoms with Crippen LogP contribution in [0.25, 0.3) is 0 Å². The van der Waals surface area contributed by atoms with E-state index in [1.165, 1.54) is 5.57 Å². The van der Waals surface area contributed by atoms with Gasteiger partial charge in [0, 0.05) is 5.82 Å². The Kier molecular flexibility index (Phi) is 9.35. The van der Waals surface area contributed by atoms with Crippen LogP contribution >= 0.6 is 7.60 Å². The highest BCUT2D eigenvalue weighted by Gasteiger charge is 2.18. The molecule has 1 atom stereocenters. The van der Waals surface area contributed by atoms with Gasteiger partial charge < -0.3 is 9.05 Å². The van der Waals surface area contributed by atoms with E-state index in [1.54, 1.807) is 5.82 Å². The summed E-state index contributed by atoms with van der Waals surface area (Å²) in [4.78, 5) is 0. The molecule has 0 amide bonds. The molecule has 0 heterocycles. The second-order valence-electron chi connectivity index (χ2n) is 4.55. The summed E-state index contributed by atoms with van der Waals surface area (Å²) in [7, 11) is -3.02. The van der Waals surface area contributed by atoms with Gasteiger partial charge >= 0.3 is 7.60 Å². The van der Waals surface area contributed by atoms with Gasteiger partial charge in [0.1, 0.15) is 0 Å². The summed E-state index contributed by atoms with van der Waals surface area (Å²) in [5, 5.41) is 0. The Morgan fingerprint density at radius 2 is 1.78 bits per heavy atom. The van der Waals surface area contributed by atoms with E-state index in [9.17, 15) is 4.57 Å². The maximum atomic E-state index is 12.2. The van der Waals surface area contributed by atoms with Crippen molar-refractivity contribution in [3.8, 4) is 0 Å². The van der Waals surface area contributed by atoms with Crippen molar-refractivity contribution in [1.82, 2.24) is 0 Å². The van der Waals surface area contributed by atoms with E-state index in [4.69, 9.17) is 9.05 Å². The van der Waals surface area contributed by atoms with Gasteiger partial charge in [-0.25, -0.2) is 0 Å². The molecule has 0 aromatic heterocycles. The van der Waals surface area contributed by atoms with E-state index in [2.05, 4.69) is 26.8 Å². The lowest BCUT2D eigenvalue weighted by atomic mass is 10.1. The topological polar surface area (TPSA) is 35.5 Å². The van der Waals surface area contributed by atoms with Crippen LogP contribution in [0.2, 0.25) is 0 Å². The fourth-order valence-corrected chi connectivity index (χ4v) is 2.94. The molecule has 0 N–H and O–H groups in total. The normalized spacial score (nSPS) is 13.8. The van der Waals surface area contributed by atoms with Crippen molar-refractivity contribution in [2.24, 2.45) is 5.92 Å². The lowest BCUT2D eigenvalue weighted by Gasteiger charge is -2.13. The van der Waals surface area contributed by atoms with Gasteiger partial charge in [-0.2, -0.15) is 0 Å². The number of hydrogen-bond donors (Lipinski definition) is 0. The first kappa shape index (κ1) is 17.6. The smallest absolute Gasteiger partial charge is 0.306 e. The van der Waals surface area contributed by atoms with Crippen LogP contribution in [0.15, 0.2) is 23.5 Å². The van der Waals surface area contributed by atoms with Gasteiger partial charge in [-0.15, -0.1) is 0 Å². The van der Waals surface area contributed by atoms with Gasteiger partial charge in [-0.3, -0.25) is 4.57 Å². The van der Waals surface area contributed by atoms with Crippen LogP contribution in [-0.2, 0) is 13.6 Å². The molecule has 0 aliphatic heterocycles. The van der Waals surface area contributed by atoms with Crippen LogP contribution in [-0.4, -0.2) is 13.2 Å². The number of allylic oxidation sites excluding steroid dienone is 3. The fraction of sp³-hybridized carbons (Fsp3) is 0.714. The maximum Gasteiger partial charge on any atom is 0.353 e. The lowest BCUT2D eigenvalue weighted by Crippen LogP contribution is -1.94. The standard InChI is InChI=1S/C14H27O3P/c1-6-16-18(15,17-7-2)12-11-14(5)10-8-9-13(3)4/h9,11-12,14H,6-8,10H2,1-5H3/b12-11+. The molecule has 0 spiro atoms. The first-order valence-corrected chi connectivity index (χ1v) is 8.26. The molecular formula is C14H27O3P. The Bertz CT molecular complexity index is 307. The summed E-state index contributed by atoms with van der Waals surface area (Å²) in [5.74, 6) is 1.97. The lowest BCUT2D eigenvalue weighted by molar-refractivity contribution is 0.228. The number of rotatable bonds is 9. The summed E-state index contributed by atoms with van der Waals surface area (Å²) >= 11 is 0. The molecule has 0 aromatic rings. The van der Waals surface area contributed by atoms with Crippen molar-refractivity contribution in [1.29, 1.82) is 0 Å². The zero-order valence-electron chi connectivity index (χ0n) is 12.3. The first-order valence-electron chi connectivity index (χ1n) is 6.65. The van der Waals surface area contributed by atoms with Crippen molar-refractivity contribution in [3.63, 3.8) is 0 Å². The molecule has 0 aliphatic carbocycles. The maximum absolute atomic E-state index is 12.2.